The summed E-state index contributed by atoms with van der Waals surface area (Å²) in [5, 5.41) is 3.60. The molecule has 0 spiro atoms. The fraction of sp³-hybridized carbons (Fsp3) is 0.278. The standard InChI is InChI=1S/C18H16N4O4/c1-2-5-25-15-7-10-12(6-11(15)17(19)23)20-4-3-14(10)22-8-13-16(9-22)26-18(24)21-13/h1,3-4,6-7,13,16H,5,8-9H2,(H2,19,23)(H,21,24)/t13-,16+/m1/s1. The molecule has 0 radical (unpaired) electrons. The van der Waals surface area contributed by atoms with Gasteiger partial charge < -0.3 is 25.4 Å². The summed E-state index contributed by atoms with van der Waals surface area (Å²) in [6, 6.07) is 5.15. The Bertz CT molecular complexity index is 936. The van der Waals surface area contributed by atoms with Crippen molar-refractivity contribution in [3.63, 3.8) is 0 Å². The van der Waals surface area contributed by atoms with Crippen LogP contribution >= 0.6 is 0 Å². The Kier molecular flexibility index (Phi) is 3.77. The van der Waals surface area contributed by atoms with Crippen molar-refractivity contribution in [2.24, 2.45) is 5.73 Å². The van der Waals surface area contributed by atoms with Crippen LogP contribution in [0.15, 0.2) is 24.4 Å². The number of nitrogens with two attached hydrogens (primary N) is 1. The SMILES string of the molecule is C#CCOc1cc2c(N3C[C@@H]4OC(=O)N[C@@H]4C3)ccnc2cc1C(N)=O. The van der Waals surface area contributed by atoms with Crippen LogP contribution in [-0.4, -0.2) is 48.8 Å². The number of carbonyl (C=O) groups excluding carboxylic acids is 2. The zero-order valence-corrected chi connectivity index (χ0v) is 13.8. The van der Waals surface area contributed by atoms with E-state index in [9.17, 15) is 9.59 Å². The quantitative estimate of drug-likeness (QED) is 0.782. The second-order valence-corrected chi connectivity index (χ2v) is 6.15. The van der Waals surface area contributed by atoms with Crippen LogP contribution in [0.3, 0.4) is 0 Å². The highest BCUT2D eigenvalue weighted by Gasteiger charge is 2.42. The first-order valence-electron chi connectivity index (χ1n) is 8.07. The van der Waals surface area contributed by atoms with Gasteiger partial charge in [0.15, 0.2) is 0 Å². The number of terminal acetylenes is 1. The lowest BCUT2D eigenvalue weighted by molar-refractivity contribution is 0.0997. The van der Waals surface area contributed by atoms with E-state index in [2.05, 4.69) is 21.1 Å². The molecule has 26 heavy (non-hydrogen) atoms. The van der Waals surface area contributed by atoms with E-state index in [1.54, 1.807) is 18.3 Å². The first kappa shape index (κ1) is 16.0. The number of amides is 2. The van der Waals surface area contributed by atoms with Crippen molar-refractivity contribution in [2.45, 2.75) is 12.1 Å². The zero-order chi connectivity index (χ0) is 18.3. The van der Waals surface area contributed by atoms with Crippen LogP contribution in [0.2, 0.25) is 0 Å². The number of benzene rings is 1. The van der Waals surface area contributed by atoms with Crippen molar-refractivity contribution in [1.82, 2.24) is 10.3 Å². The minimum atomic E-state index is -0.613. The number of primary amides is 1. The highest BCUT2D eigenvalue weighted by molar-refractivity contribution is 6.02. The van der Waals surface area contributed by atoms with Crippen LogP contribution in [0.1, 0.15) is 10.4 Å². The first-order chi connectivity index (χ1) is 12.6. The van der Waals surface area contributed by atoms with E-state index in [-0.39, 0.29) is 30.4 Å². The number of carbonyl (C=O) groups is 2. The average molecular weight is 352 g/mol. The highest BCUT2D eigenvalue weighted by Crippen LogP contribution is 2.34. The van der Waals surface area contributed by atoms with Gasteiger partial charge in [0.1, 0.15) is 18.5 Å². The summed E-state index contributed by atoms with van der Waals surface area (Å²) < 4.78 is 10.8. The Balaban J connectivity index is 1.75. The van der Waals surface area contributed by atoms with E-state index in [1.807, 2.05) is 6.07 Å². The average Bonchev–Trinajstić information content (AvgIpc) is 3.15. The molecular weight excluding hydrogens is 336 g/mol. The molecule has 8 nitrogen and oxygen atoms in total. The number of hydrogen-bond acceptors (Lipinski definition) is 6. The minimum Gasteiger partial charge on any atom is -0.480 e. The molecule has 4 rings (SSSR count). The van der Waals surface area contributed by atoms with Gasteiger partial charge in [0.05, 0.1) is 23.7 Å². The van der Waals surface area contributed by atoms with Crippen LogP contribution in [0.5, 0.6) is 5.75 Å². The van der Waals surface area contributed by atoms with Gasteiger partial charge in [-0.1, -0.05) is 5.92 Å². The summed E-state index contributed by atoms with van der Waals surface area (Å²) in [6.45, 7) is 1.21. The summed E-state index contributed by atoms with van der Waals surface area (Å²) in [5.41, 5.74) is 7.20. The Morgan fingerprint density at radius 2 is 2.35 bits per heavy atom. The van der Waals surface area contributed by atoms with Crippen molar-refractivity contribution in [3.05, 3.63) is 30.0 Å². The Hall–Kier alpha value is -3.47. The maximum absolute atomic E-state index is 11.7. The van der Waals surface area contributed by atoms with Gasteiger partial charge in [-0.3, -0.25) is 9.78 Å². The minimum absolute atomic E-state index is 0.0229. The molecule has 2 atom stereocenters. The van der Waals surface area contributed by atoms with E-state index in [0.717, 1.165) is 11.1 Å². The Labute approximate surface area is 149 Å². The van der Waals surface area contributed by atoms with Crippen LogP contribution in [0.4, 0.5) is 10.5 Å². The molecule has 2 aliphatic heterocycles. The summed E-state index contributed by atoms with van der Waals surface area (Å²) >= 11 is 0. The lowest BCUT2D eigenvalue weighted by Gasteiger charge is -2.21. The third-order valence-electron chi connectivity index (χ3n) is 4.56. The van der Waals surface area contributed by atoms with E-state index >= 15 is 0 Å². The molecule has 2 amide bonds. The van der Waals surface area contributed by atoms with Gasteiger partial charge in [0.25, 0.3) is 5.91 Å². The zero-order valence-electron chi connectivity index (χ0n) is 13.8. The number of aromatic nitrogens is 1. The van der Waals surface area contributed by atoms with Crippen molar-refractivity contribution in [3.8, 4) is 18.1 Å². The molecule has 2 saturated heterocycles. The van der Waals surface area contributed by atoms with Crippen LogP contribution in [0, 0.1) is 12.3 Å². The fourth-order valence-corrected chi connectivity index (χ4v) is 3.42. The van der Waals surface area contributed by atoms with Gasteiger partial charge in [0, 0.05) is 23.8 Å². The molecule has 2 aromatic rings. The largest absolute Gasteiger partial charge is 0.480 e. The first-order valence-corrected chi connectivity index (χ1v) is 8.07. The number of nitrogens with zero attached hydrogens (tertiary/aromatic N) is 2. The number of alkyl carbamates (subject to hydrolysis) is 1. The van der Waals surface area contributed by atoms with Gasteiger partial charge in [-0.25, -0.2) is 4.79 Å². The Morgan fingerprint density at radius 1 is 1.50 bits per heavy atom. The molecule has 0 unspecified atom stereocenters. The molecule has 3 N–H and O–H groups in total. The summed E-state index contributed by atoms with van der Waals surface area (Å²) in [4.78, 5) is 29.5. The molecule has 0 saturated carbocycles. The molecule has 8 heteroatoms. The van der Waals surface area contributed by atoms with E-state index in [4.69, 9.17) is 21.6 Å². The number of nitrogens with one attached hydrogen (secondary N) is 1. The smallest absolute Gasteiger partial charge is 0.407 e. The maximum Gasteiger partial charge on any atom is 0.407 e. The number of anilines is 1. The molecule has 3 heterocycles. The van der Waals surface area contributed by atoms with Crippen molar-refractivity contribution in [1.29, 1.82) is 0 Å². The number of rotatable bonds is 4. The Morgan fingerprint density at radius 3 is 3.08 bits per heavy atom. The van der Waals surface area contributed by atoms with Gasteiger partial charge in [0.2, 0.25) is 0 Å². The van der Waals surface area contributed by atoms with Crippen molar-refractivity contribution < 1.29 is 19.1 Å². The van der Waals surface area contributed by atoms with E-state index < -0.39 is 5.91 Å². The van der Waals surface area contributed by atoms with E-state index in [1.165, 1.54) is 0 Å². The molecule has 1 aromatic heterocycles. The van der Waals surface area contributed by atoms with Crippen molar-refractivity contribution >= 4 is 28.6 Å². The molecule has 132 valence electrons. The second kappa shape index (κ2) is 6.11. The monoisotopic (exact) mass is 352 g/mol. The number of pyridine rings is 1. The summed E-state index contributed by atoms with van der Waals surface area (Å²) in [7, 11) is 0. The fourth-order valence-electron chi connectivity index (χ4n) is 3.42. The van der Waals surface area contributed by atoms with Gasteiger partial charge in [-0.2, -0.15) is 0 Å². The topological polar surface area (TPSA) is 107 Å². The number of fused-ring (bicyclic) bond motifs is 2. The van der Waals surface area contributed by atoms with Crippen LogP contribution < -0.4 is 20.7 Å². The predicted molar refractivity (Wildman–Crippen MR) is 94.0 cm³/mol. The molecule has 2 aliphatic rings. The van der Waals surface area contributed by atoms with E-state index in [0.29, 0.717) is 24.4 Å². The maximum atomic E-state index is 11.7. The molecule has 0 aliphatic carbocycles. The summed E-state index contributed by atoms with van der Waals surface area (Å²) in [6.07, 6.45) is 6.35. The van der Waals surface area contributed by atoms with Gasteiger partial charge >= 0.3 is 6.09 Å². The van der Waals surface area contributed by atoms with Gasteiger partial charge in [-0.05, 0) is 18.2 Å². The normalized spacial score (nSPS) is 21.0. The van der Waals surface area contributed by atoms with Crippen LogP contribution in [0.25, 0.3) is 10.9 Å². The molecule has 2 fully saturated rings. The third kappa shape index (κ3) is 2.63. The van der Waals surface area contributed by atoms with Crippen molar-refractivity contribution in [2.75, 3.05) is 24.6 Å². The summed E-state index contributed by atoms with van der Waals surface area (Å²) in [5.74, 6) is 2.08. The second-order valence-electron chi connectivity index (χ2n) is 6.15. The van der Waals surface area contributed by atoms with Crippen LogP contribution in [-0.2, 0) is 4.74 Å². The van der Waals surface area contributed by atoms with Gasteiger partial charge in [-0.15, -0.1) is 6.42 Å². The lowest BCUT2D eigenvalue weighted by Crippen LogP contribution is -2.32. The number of hydrogen-bond donors (Lipinski definition) is 2. The highest BCUT2D eigenvalue weighted by atomic mass is 16.6. The third-order valence-corrected chi connectivity index (χ3v) is 4.56. The molecule has 0 bridgehead atoms. The molecule has 1 aromatic carbocycles. The molecular formula is C18H16N4O4. The predicted octanol–water partition coefficient (Wildman–Crippen LogP) is 0.643. The lowest BCUT2D eigenvalue weighted by atomic mass is 10.1. The number of ether oxygens (including phenoxy) is 2.